The predicted octanol–water partition coefficient (Wildman–Crippen LogP) is 2.45. The van der Waals surface area contributed by atoms with Gasteiger partial charge < -0.3 is 11.1 Å². The zero-order valence-electron chi connectivity index (χ0n) is 9.84. The number of halogens is 2. The van der Waals surface area contributed by atoms with Crippen LogP contribution in [0.4, 0.5) is 4.39 Å². The number of aryl methyl sites for hydroxylation is 1. The van der Waals surface area contributed by atoms with Crippen LogP contribution >= 0.6 is 15.9 Å². The summed E-state index contributed by atoms with van der Waals surface area (Å²) >= 11 is 3.23. The summed E-state index contributed by atoms with van der Waals surface area (Å²) < 4.78 is 14.2. The second-order valence-electron chi connectivity index (χ2n) is 3.64. The molecule has 0 spiro atoms. The van der Waals surface area contributed by atoms with Crippen molar-refractivity contribution in [3.05, 3.63) is 34.1 Å². The zero-order chi connectivity index (χ0) is 12.7. The van der Waals surface area contributed by atoms with Crippen LogP contribution in [0.3, 0.4) is 0 Å². The molecule has 0 amide bonds. The summed E-state index contributed by atoms with van der Waals surface area (Å²) in [5, 5.41) is 2.91. The first-order chi connectivity index (χ1) is 8.13. The highest BCUT2D eigenvalue weighted by Gasteiger charge is 2.02. The van der Waals surface area contributed by atoms with Crippen LogP contribution in [-0.4, -0.2) is 19.0 Å². The van der Waals surface area contributed by atoms with Crippen molar-refractivity contribution in [1.82, 2.24) is 5.32 Å². The van der Waals surface area contributed by atoms with E-state index in [0.29, 0.717) is 24.5 Å². The molecule has 0 aliphatic heterocycles. The molecule has 0 unspecified atom stereocenters. The second-order valence-corrected chi connectivity index (χ2v) is 4.55. The Balaban J connectivity index is 2.38. The van der Waals surface area contributed by atoms with Gasteiger partial charge in [0.2, 0.25) is 0 Å². The minimum atomic E-state index is -0.178. The highest BCUT2D eigenvalue weighted by atomic mass is 79.9. The molecule has 0 aliphatic carbocycles. The number of hydrogen-bond donors (Lipinski definition) is 2. The van der Waals surface area contributed by atoms with Crippen LogP contribution in [0.1, 0.15) is 18.9 Å². The summed E-state index contributed by atoms with van der Waals surface area (Å²) in [5.41, 5.74) is 6.29. The van der Waals surface area contributed by atoms with E-state index < -0.39 is 0 Å². The van der Waals surface area contributed by atoms with Crippen molar-refractivity contribution < 1.29 is 4.39 Å². The maximum Gasteiger partial charge on any atom is 0.188 e. The van der Waals surface area contributed by atoms with Crippen LogP contribution in [0.25, 0.3) is 0 Å². The number of rotatable bonds is 5. The normalized spacial score (nSPS) is 11.6. The summed E-state index contributed by atoms with van der Waals surface area (Å²) in [4.78, 5) is 4.13. The van der Waals surface area contributed by atoms with Crippen molar-refractivity contribution in [2.24, 2.45) is 10.7 Å². The molecule has 0 radical (unpaired) electrons. The molecule has 3 nitrogen and oxygen atoms in total. The van der Waals surface area contributed by atoms with Crippen molar-refractivity contribution in [3.63, 3.8) is 0 Å². The minimum absolute atomic E-state index is 0.178. The average molecular weight is 302 g/mol. The fourth-order valence-electron chi connectivity index (χ4n) is 1.43. The van der Waals surface area contributed by atoms with Crippen molar-refractivity contribution in [2.75, 3.05) is 13.1 Å². The van der Waals surface area contributed by atoms with Crippen LogP contribution in [-0.2, 0) is 6.42 Å². The summed E-state index contributed by atoms with van der Waals surface area (Å²) in [6.07, 6.45) is 1.45. The Morgan fingerprint density at radius 2 is 2.29 bits per heavy atom. The third kappa shape index (κ3) is 5.17. The third-order valence-electron chi connectivity index (χ3n) is 2.26. The van der Waals surface area contributed by atoms with E-state index in [1.54, 1.807) is 6.07 Å². The summed E-state index contributed by atoms with van der Waals surface area (Å²) in [7, 11) is 0. The zero-order valence-corrected chi connectivity index (χ0v) is 11.4. The monoisotopic (exact) mass is 301 g/mol. The minimum Gasteiger partial charge on any atom is -0.370 e. The van der Waals surface area contributed by atoms with E-state index in [-0.39, 0.29) is 5.82 Å². The molecule has 5 heteroatoms. The lowest BCUT2D eigenvalue weighted by Crippen LogP contribution is -2.31. The number of guanidine groups is 1. The van der Waals surface area contributed by atoms with Crippen LogP contribution in [0.2, 0.25) is 0 Å². The molecule has 1 aromatic rings. The van der Waals surface area contributed by atoms with Gasteiger partial charge in [-0.05, 0) is 37.5 Å². The lowest BCUT2D eigenvalue weighted by atomic mass is 10.1. The number of nitrogens with one attached hydrogen (secondary N) is 1. The third-order valence-corrected chi connectivity index (χ3v) is 2.75. The Morgan fingerprint density at radius 1 is 1.53 bits per heavy atom. The van der Waals surface area contributed by atoms with Gasteiger partial charge in [0.15, 0.2) is 5.96 Å². The standard InChI is InChI=1S/C12H17BrFN3/c1-2-16-12(15)17-7-3-4-9-5-6-10(13)8-11(9)14/h5-6,8H,2-4,7H2,1H3,(H3,15,16,17). The highest BCUT2D eigenvalue weighted by molar-refractivity contribution is 9.10. The second kappa shape index (κ2) is 7.27. The van der Waals surface area contributed by atoms with Crippen LogP contribution in [0.5, 0.6) is 0 Å². The van der Waals surface area contributed by atoms with E-state index >= 15 is 0 Å². The van der Waals surface area contributed by atoms with Gasteiger partial charge in [-0.15, -0.1) is 0 Å². The van der Waals surface area contributed by atoms with E-state index in [0.717, 1.165) is 17.4 Å². The molecule has 3 N–H and O–H groups in total. The van der Waals surface area contributed by atoms with Gasteiger partial charge in [0, 0.05) is 17.6 Å². The molecular weight excluding hydrogens is 285 g/mol. The lowest BCUT2D eigenvalue weighted by Gasteiger charge is -2.03. The number of aliphatic imine (C=N–C) groups is 1. The van der Waals surface area contributed by atoms with Gasteiger partial charge >= 0.3 is 0 Å². The molecular formula is C12H17BrFN3. The molecule has 1 rings (SSSR count). The maximum atomic E-state index is 13.5. The molecule has 1 aromatic carbocycles. The Bertz CT molecular complexity index is 393. The predicted molar refractivity (Wildman–Crippen MR) is 72.6 cm³/mol. The number of nitrogens with two attached hydrogens (primary N) is 1. The first-order valence-corrected chi connectivity index (χ1v) is 6.40. The Kier molecular flexibility index (Phi) is 5.97. The van der Waals surface area contributed by atoms with E-state index in [4.69, 9.17) is 5.73 Å². The molecule has 0 aromatic heterocycles. The number of hydrogen-bond acceptors (Lipinski definition) is 1. The number of benzene rings is 1. The van der Waals surface area contributed by atoms with Gasteiger partial charge in [0.05, 0.1) is 0 Å². The van der Waals surface area contributed by atoms with Gasteiger partial charge in [-0.1, -0.05) is 22.0 Å². The van der Waals surface area contributed by atoms with Crippen molar-refractivity contribution in [3.8, 4) is 0 Å². The summed E-state index contributed by atoms with van der Waals surface area (Å²) in [5.74, 6) is 0.270. The molecule has 0 fully saturated rings. The van der Waals surface area contributed by atoms with Crippen LogP contribution in [0.15, 0.2) is 27.7 Å². The molecule has 0 bridgehead atoms. The largest absolute Gasteiger partial charge is 0.370 e. The first-order valence-electron chi connectivity index (χ1n) is 5.61. The van der Waals surface area contributed by atoms with E-state index in [1.165, 1.54) is 6.07 Å². The summed E-state index contributed by atoms with van der Waals surface area (Å²) in [6.45, 7) is 3.32. The van der Waals surface area contributed by atoms with Crippen molar-refractivity contribution in [2.45, 2.75) is 19.8 Å². The van der Waals surface area contributed by atoms with Gasteiger partial charge in [-0.3, -0.25) is 4.99 Å². The number of nitrogens with zero attached hydrogens (tertiary/aromatic N) is 1. The molecule has 0 saturated heterocycles. The van der Waals surface area contributed by atoms with E-state index in [1.807, 2.05) is 13.0 Å². The van der Waals surface area contributed by atoms with Crippen molar-refractivity contribution >= 4 is 21.9 Å². The summed E-state index contributed by atoms with van der Waals surface area (Å²) in [6, 6.07) is 5.11. The molecule has 0 aliphatic rings. The molecule has 0 heterocycles. The fourth-order valence-corrected chi connectivity index (χ4v) is 1.76. The van der Waals surface area contributed by atoms with E-state index in [2.05, 4.69) is 26.2 Å². The SMILES string of the molecule is CCNC(N)=NCCCc1ccc(Br)cc1F. The highest BCUT2D eigenvalue weighted by Crippen LogP contribution is 2.16. The van der Waals surface area contributed by atoms with Gasteiger partial charge in [-0.25, -0.2) is 4.39 Å². The molecule has 17 heavy (non-hydrogen) atoms. The smallest absolute Gasteiger partial charge is 0.188 e. The molecule has 0 saturated carbocycles. The van der Waals surface area contributed by atoms with Crippen molar-refractivity contribution in [1.29, 1.82) is 0 Å². The van der Waals surface area contributed by atoms with E-state index in [9.17, 15) is 4.39 Å². The first kappa shape index (κ1) is 14.0. The topological polar surface area (TPSA) is 50.4 Å². The Labute approximate surface area is 109 Å². The molecule has 94 valence electrons. The van der Waals surface area contributed by atoms with Crippen LogP contribution in [0, 0.1) is 5.82 Å². The quantitative estimate of drug-likeness (QED) is 0.499. The van der Waals surface area contributed by atoms with Crippen LogP contribution < -0.4 is 11.1 Å². The molecule has 0 atom stereocenters. The van der Waals surface area contributed by atoms with Gasteiger partial charge in [0.25, 0.3) is 0 Å². The lowest BCUT2D eigenvalue weighted by molar-refractivity contribution is 0.604. The Hall–Kier alpha value is -1.10. The fraction of sp³-hybridized carbons (Fsp3) is 0.417. The van der Waals surface area contributed by atoms with Gasteiger partial charge in [0.1, 0.15) is 5.82 Å². The average Bonchev–Trinajstić information content (AvgIpc) is 2.27. The Morgan fingerprint density at radius 3 is 2.94 bits per heavy atom. The van der Waals surface area contributed by atoms with Gasteiger partial charge in [-0.2, -0.15) is 0 Å². The maximum absolute atomic E-state index is 13.5.